The molecule has 0 spiro atoms. The van der Waals surface area contributed by atoms with Gasteiger partial charge in [-0.25, -0.2) is 4.79 Å². The summed E-state index contributed by atoms with van der Waals surface area (Å²) in [5, 5.41) is 9.18. The number of phenolic OH excluding ortho intramolecular Hbond substituents is 1. The molecule has 0 aliphatic rings. The van der Waals surface area contributed by atoms with Gasteiger partial charge in [0.1, 0.15) is 5.75 Å². The molecular weight excluding hydrogens is 284 g/mol. The van der Waals surface area contributed by atoms with E-state index >= 15 is 0 Å². The van der Waals surface area contributed by atoms with Crippen molar-refractivity contribution in [3.05, 3.63) is 65.2 Å². The standard InChI is InChI=1S/C17H14O5/c1-22-17(21)13-4-2-3-12(9-13)16(20)10-15(19)11-5-7-14(18)8-6-11/h2-9,18H,10H2,1H3. The van der Waals surface area contributed by atoms with Gasteiger partial charge in [0, 0.05) is 11.1 Å². The molecule has 0 fully saturated rings. The van der Waals surface area contributed by atoms with Gasteiger partial charge in [-0.2, -0.15) is 0 Å². The molecule has 0 saturated carbocycles. The molecule has 2 aromatic rings. The van der Waals surface area contributed by atoms with Crippen LogP contribution in [-0.2, 0) is 4.74 Å². The monoisotopic (exact) mass is 298 g/mol. The Hall–Kier alpha value is -2.95. The van der Waals surface area contributed by atoms with E-state index < -0.39 is 5.97 Å². The van der Waals surface area contributed by atoms with Crippen molar-refractivity contribution in [3.8, 4) is 5.75 Å². The van der Waals surface area contributed by atoms with E-state index in [1.807, 2.05) is 0 Å². The minimum atomic E-state index is -0.542. The second-order valence-electron chi connectivity index (χ2n) is 4.64. The summed E-state index contributed by atoms with van der Waals surface area (Å²) >= 11 is 0. The smallest absolute Gasteiger partial charge is 0.337 e. The van der Waals surface area contributed by atoms with E-state index in [9.17, 15) is 19.5 Å². The lowest BCUT2D eigenvalue weighted by Crippen LogP contribution is -2.10. The SMILES string of the molecule is COC(=O)c1cccc(C(=O)CC(=O)c2ccc(O)cc2)c1. The maximum absolute atomic E-state index is 12.1. The molecule has 0 amide bonds. The van der Waals surface area contributed by atoms with E-state index in [2.05, 4.69) is 4.74 Å². The van der Waals surface area contributed by atoms with Crippen LogP contribution in [0.1, 0.15) is 37.5 Å². The predicted octanol–water partition coefficient (Wildman–Crippen LogP) is 2.63. The summed E-state index contributed by atoms with van der Waals surface area (Å²) in [5.74, 6) is -1.23. The first kappa shape index (κ1) is 15.4. The van der Waals surface area contributed by atoms with Crippen molar-refractivity contribution in [3.63, 3.8) is 0 Å². The average molecular weight is 298 g/mol. The fraction of sp³-hybridized carbons (Fsp3) is 0.118. The van der Waals surface area contributed by atoms with E-state index in [4.69, 9.17) is 0 Å². The summed E-state index contributed by atoms with van der Waals surface area (Å²) in [5.41, 5.74) is 0.871. The van der Waals surface area contributed by atoms with Crippen molar-refractivity contribution >= 4 is 17.5 Å². The van der Waals surface area contributed by atoms with Crippen molar-refractivity contribution in [1.82, 2.24) is 0 Å². The van der Waals surface area contributed by atoms with Gasteiger partial charge in [-0.3, -0.25) is 9.59 Å². The summed E-state index contributed by atoms with van der Waals surface area (Å²) in [4.78, 5) is 35.6. The van der Waals surface area contributed by atoms with Crippen molar-refractivity contribution in [2.45, 2.75) is 6.42 Å². The normalized spacial score (nSPS) is 10.0. The van der Waals surface area contributed by atoms with E-state index in [1.165, 1.54) is 43.5 Å². The first-order valence-corrected chi connectivity index (χ1v) is 6.55. The second kappa shape index (κ2) is 6.67. The third kappa shape index (κ3) is 3.58. The topological polar surface area (TPSA) is 80.7 Å². The maximum Gasteiger partial charge on any atom is 0.337 e. The minimum absolute atomic E-state index is 0.0497. The Kier molecular flexibility index (Phi) is 4.68. The molecular formula is C17H14O5. The van der Waals surface area contributed by atoms with Crippen LogP contribution in [0.4, 0.5) is 0 Å². The number of benzene rings is 2. The Labute approximate surface area is 127 Å². The third-order valence-electron chi connectivity index (χ3n) is 3.12. The summed E-state index contributed by atoms with van der Waals surface area (Å²) < 4.78 is 4.59. The largest absolute Gasteiger partial charge is 0.508 e. The summed E-state index contributed by atoms with van der Waals surface area (Å²) in [6.45, 7) is 0. The van der Waals surface area contributed by atoms with Gasteiger partial charge in [-0.15, -0.1) is 0 Å². The molecule has 0 unspecified atom stereocenters. The number of carbonyl (C=O) groups excluding carboxylic acids is 3. The van der Waals surface area contributed by atoms with E-state index in [-0.39, 0.29) is 34.9 Å². The molecule has 0 heterocycles. The van der Waals surface area contributed by atoms with Gasteiger partial charge in [0.15, 0.2) is 11.6 Å². The molecule has 0 bridgehead atoms. The number of Topliss-reactive ketones (excluding diaryl/α,β-unsaturated/α-hetero) is 2. The Morgan fingerprint density at radius 2 is 1.50 bits per heavy atom. The summed E-state index contributed by atoms with van der Waals surface area (Å²) in [6.07, 6.45) is -0.310. The molecule has 0 aromatic heterocycles. The maximum atomic E-state index is 12.1. The number of methoxy groups -OCH3 is 1. The van der Waals surface area contributed by atoms with Gasteiger partial charge in [0.2, 0.25) is 0 Å². The molecule has 0 saturated heterocycles. The first-order valence-electron chi connectivity index (χ1n) is 6.55. The highest BCUT2D eigenvalue weighted by Gasteiger charge is 2.15. The molecule has 0 atom stereocenters. The van der Waals surface area contributed by atoms with Crippen LogP contribution in [0.25, 0.3) is 0 Å². The predicted molar refractivity (Wildman–Crippen MR) is 79.2 cm³/mol. The van der Waals surface area contributed by atoms with Gasteiger partial charge in [-0.05, 0) is 36.4 Å². The Balaban J connectivity index is 2.13. The highest BCUT2D eigenvalue weighted by molar-refractivity contribution is 6.14. The van der Waals surface area contributed by atoms with E-state index in [0.29, 0.717) is 5.56 Å². The number of aromatic hydroxyl groups is 1. The lowest BCUT2D eigenvalue weighted by Gasteiger charge is -2.04. The second-order valence-corrected chi connectivity index (χ2v) is 4.64. The third-order valence-corrected chi connectivity index (χ3v) is 3.12. The number of hydrogen-bond acceptors (Lipinski definition) is 5. The molecule has 0 aliphatic heterocycles. The van der Waals surface area contributed by atoms with Crippen LogP contribution in [0.15, 0.2) is 48.5 Å². The zero-order valence-corrected chi connectivity index (χ0v) is 11.9. The minimum Gasteiger partial charge on any atom is -0.508 e. The fourth-order valence-corrected chi connectivity index (χ4v) is 1.93. The molecule has 2 aromatic carbocycles. The Morgan fingerprint density at radius 1 is 0.909 bits per heavy atom. The average Bonchev–Trinajstić information content (AvgIpc) is 2.54. The van der Waals surface area contributed by atoms with Crippen molar-refractivity contribution in [1.29, 1.82) is 0 Å². The zero-order valence-electron chi connectivity index (χ0n) is 11.9. The van der Waals surface area contributed by atoms with Crippen LogP contribution in [0.3, 0.4) is 0 Å². The number of carbonyl (C=O) groups is 3. The quantitative estimate of drug-likeness (QED) is 0.521. The lowest BCUT2D eigenvalue weighted by atomic mass is 10.00. The van der Waals surface area contributed by atoms with Crippen LogP contribution in [0.5, 0.6) is 5.75 Å². The van der Waals surface area contributed by atoms with Crippen LogP contribution in [0, 0.1) is 0 Å². The first-order chi connectivity index (χ1) is 10.5. The van der Waals surface area contributed by atoms with E-state index in [1.54, 1.807) is 12.1 Å². The molecule has 0 aliphatic carbocycles. The van der Waals surface area contributed by atoms with E-state index in [0.717, 1.165) is 0 Å². The Bertz CT molecular complexity index is 716. The van der Waals surface area contributed by atoms with Crippen LogP contribution in [-0.4, -0.2) is 29.8 Å². The van der Waals surface area contributed by atoms with Gasteiger partial charge in [-0.1, -0.05) is 12.1 Å². The number of esters is 1. The number of rotatable bonds is 5. The molecule has 5 heteroatoms. The summed E-state index contributed by atoms with van der Waals surface area (Å²) in [6, 6.07) is 11.7. The number of hydrogen-bond donors (Lipinski definition) is 1. The van der Waals surface area contributed by atoms with Gasteiger partial charge < -0.3 is 9.84 Å². The zero-order chi connectivity index (χ0) is 16.1. The van der Waals surface area contributed by atoms with Crippen LogP contribution < -0.4 is 0 Å². The van der Waals surface area contributed by atoms with Gasteiger partial charge in [0.05, 0.1) is 19.1 Å². The molecule has 5 nitrogen and oxygen atoms in total. The molecule has 22 heavy (non-hydrogen) atoms. The van der Waals surface area contributed by atoms with Crippen molar-refractivity contribution in [2.75, 3.05) is 7.11 Å². The Morgan fingerprint density at radius 3 is 2.14 bits per heavy atom. The van der Waals surface area contributed by atoms with Crippen molar-refractivity contribution in [2.24, 2.45) is 0 Å². The molecule has 1 N–H and O–H groups in total. The molecule has 112 valence electrons. The number of phenols is 1. The lowest BCUT2D eigenvalue weighted by molar-refractivity contribution is 0.0600. The van der Waals surface area contributed by atoms with Crippen molar-refractivity contribution < 1.29 is 24.2 Å². The number of ketones is 2. The molecule has 0 radical (unpaired) electrons. The highest BCUT2D eigenvalue weighted by Crippen LogP contribution is 2.14. The van der Waals surface area contributed by atoms with Crippen LogP contribution in [0.2, 0.25) is 0 Å². The fourth-order valence-electron chi connectivity index (χ4n) is 1.93. The van der Waals surface area contributed by atoms with Gasteiger partial charge in [0.25, 0.3) is 0 Å². The van der Waals surface area contributed by atoms with Crippen LogP contribution >= 0.6 is 0 Å². The van der Waals surface area contributed by atoms with Gasteiger partial charge >= 0.3 is 5.97 Å². The number of ether oxygens (including phenoxy) is 1. The highest BCUT2D eigenvalue weighted by atomic mass is 16.5. The summed E-state index contributed by atoms with van der Waals surface area (Å²) in [7, 11) is 1.26. The molecule has 2 rings (SSSR count).